The Morgan fingerprint density at radius 3 is 1.02 bits per heavy atom. The molecule has 30 atom stereocenters. The zero-order chi connectivity index (χ0) is 99.5. The van der Waals surface area contributed by atoms with Crippen molar-refractivity contribution in [2.75, 3.05) is 26.4 Å². The SMILES string of the molecule is CC(=O)O[C@H]1C[C@H]2[C@@H](CC[C@H]3C[C@@H](OS(=O)(=O)[O-])CC[C@@]32C)[C@@H]2CC[C@H]([C@H](C)CCC(=O)N[C@@H]3O[C@H](COS(=O)(=O)[O-])[C@@H](O[C@H]4O[C@H](COS(=O)(=O)[O-])[C@@H](O[C@H]5O[C@H](COS(=O)(=O)[O-])[C@@H](O[C@H]6O[C@H](COS(=O)(=O)[O-])[C@@H](OS(=O)(=O)[O-])[C@H](OS(=O)(=O)[O-])[C@H]6OS(=O)(=O)[O-])[C@H](OS(=O)(=O)[O-])[C@H]5OS(=O)(=O)[O-])[C@H](OS(=O)(=O)[O-])[C@H]4OS(=O)(=O)[O-])[C@H](OS(=O)(=O)[O-])[C@H]3OS(=O)(=O)[O-])[C@@]12C. The van der Waals surface area contributed by atoms with E-state index in [4.69, 9.17) is 42.1 Å². The first-order valence-corrected chi connectivity index (χ1v) is 54.5. The zero-order valence-corrected chi connectivity index (χ0v) is 76.7. The monoisotopic (exact) mass is 2190 g/mol. The Bertz CT molecular complexity index is 5830. The van der Waals surface area contributed by atoms with Crippen LogP contribution in [0.5, 0.6) is 0 Å². The van der Waals surface area contributed by atoms with Gasteiger partial charge in [-0.15, -0.1) is 0 Å². The summed E-state index contributed by atoms with van der Waals surface area (Å²) >= 11 is 0. The molecule has 81 heteroatoms. The number of fused-ring (bicyclic) bond motifs is 5. The lowest BCUT2D eigenvalue weighted by atomic mass is 9.43. The van der Waals surface area contributed by atoms with Gasteiger partial charge in [-0.1, -0.05) is 20.8 Å². The summed E-state index contributed by atoms with van der Waals surface area (Å²) in [6.45, 7) is -3.28. The highest BCUT2D eigenvalue weighted by atomic mass is 32.3. The maximum absolute atomic E-state index is 14.4. The molecule has 768 valence electrons. The average molecular weight is 2190 g/mol. The fourth-order valence-electron chi connectivity index (χ4n) is 17.8. The molecule has 8 rings (SSSR count). The molecule has 0 unspecified atom stereocenters. The van der Waals surface area contributed by atoms with E-state index in [0.717, 1.165) is 6.92 Å². The fraction of sp³-hybridized carbons (Fsp3) is 0.960. The lowest BCUT2D eigenvalue weighted by Crippen LogP contribution is -2.70. The third-order valence-corrected chi connectivity index (χ3v) is 28.3. The number of carbonyl (C=O) groups is 2. The standard InChI is InChI=1S/C50H83NO66S14/c1-19(24-8-9-25-23-7-6-21-13-22(108-122(66,67)68)11-12-49(21,3)26(23)14-31(50(24,25)4)100-20(2)52)5-10-32(53)51-45-41(114-128(84,85)86)37(110-124(72,73)74)33(27(101-45)15-96-118(54,55)56)105-46-42(115-129(87,88)89)38(111-125(75,76)77)34(28(102-46)16-97-119(57,58)59)106-47-43(116-130(90,91)92)39(112-126(78,79)80)35(29(103-47)17-98-120(60,61)62)107-48-44(117-131(93,94)95)40(113-127(81,82)83)36(109-123(69,70)71)30(104-48)18-99-121(63,64)65/h19,21-31,33-48H,5-18H2,1-4H3,(H,51,53)(H,54,55,56)(H,57,58,59)(H,60,61,62)(H,63,64,65)(H,66,67,68)(H,69,70,71)(H,72,73,74)(H,75,76,77)(H,78,79,80)(H,81,82,83)(H,84,85,86)(H,87,88,89)(H,90,91,92)(H,93,94,95)/p-14/t19-,21+,22+,23+,24-,25+,26+,27-,28-,29-,30-,31+,33-,34-,35-,36-,37+,38+,39+,40+,41-,42-,43-,44-,45-,46-,47-,48-,49+,50-/m1/s1. The molecule has 8 fully saturated rings. The Kier molecular flexibility index (Phi) is 35.9. The van der Waals surface area contributed by atoms with Gasteiger partial charge in [-0.3, -0.25) is 68.2 Å². The number of carbonyl (C=O) groups excluding carboxylic acids is 2. The van der Waals surface area contributed by atoms with Crippen LogP contribution in [-0.4, -0.2) is 355 Å². The molecule has 0 bridgehead atoms. The van der Waals surface area contributed by atoms with E-state index in [1.54, 1.807) is 6.92 Å². The van der Waals surface area contributed by atoms with Gasteiger partial charge in [0.05, 0.1) is 32.5 Å². The topological polar surface area (TPSA) is 1050 Å². The second-order valence-corrected chi connectivity index (χ2v) is 44.3. The summed E-state index contributed by atoms with van der Waals surface area (Å²) in [5, 5.41) is 1.86. The molecule has 4 saturated carbocycles. The van der Waals surface area contributed by atoms with Crippen molar-refractivity contribution in [2.45, 2.75) is 227 Å². The number of nitrogens with one attached hydrogen (secondary N) is 1. The van der Waals surface area contributed by atoms with Gasteiger partial charge in [-0.05, 0) is 98.7 Å². The predicted molar refractivity (Wildman–Crippen MR) is 370 cm³/mol. The number of hydrogen-bond acceptors (Lipinski definition) is 66. The van der Waals surface area contributed by atoms with Crippen LogP contribution in [0.3, 0.4) is 0 Å². The Morgan fingerprint density at radius 2 is 0.672 bits per heavy atom. The number of esters is 1. The number of hydrogen-bond donors (Lipinski definition) is 1. The van der Waals surface area contributed by atoms with Crippen molar-refractivity contribution in [3.05, 3.63) is 0 Å². The Labute approximate surface area is 745 Å². The Morgan fingerprint density at radius 1 is 0.359 bits per heavy atom. The van der Waals surface area contributed by atoms with E-state index >= 15 is 0 Å². The van der Waals surface area contributed by atoms with Gasteiger partial charge in [0.15, 0.2) is 49.5 Å². The normalized spacial score (nSPS) is 36.3. The van der Waals surface area contributed by atoms with Crippen LogP contribution in [0.1, 0.15) is 91.9 Å². The second-order valence-electron chi connectivity index (χ2n) is 30.0. The molecule has 4 aliphatic heterocycles. The van der Waals surface area contributed by atoms with Crippen molar-refractivity contribution >= 4 is 157 Å². The minimum Gasteiger partial charge on any atom is -0.726 e. The van der Waals surface area contributed by atoms with E-state index in [-0.39, 0.29) is 49.4 Å². The molecule has 4 heterocycles. The quantitative estimate of drug-likeness (QED) is 0.0336. The first kappa shape index (κ1) is 113. The summed E-state index contributed by atoms with van der Waals surface area (Å²) in [6, 6.07) is 0. The third-order valence-electron chi connectivity index (χ3n) is 22.0. The van der Waals surface area contributed by atoms with Crippen LogP contribution in [0, 0.1) is 46.3 Å². The highest BCUT2D eigenvalue weighted by Crippen LogP contribution is 2.69. The van der Waals surface area contributed by atoms with Crippen LogP contribution >= 0.6 is 0 Å². The van der Waals surface area contributed by atoms with Gasteiger partial charge in [-0.2, -0.15) is 0 Å². The minimum absolute atomic E-state index is 0.0905. The second kappa shape index (κ2) is 41.6. The minimum atomic E-state index is -7.19. The van der Waals surface area contributed by atoms with Gasteiger partial charge < -0.3 is 107 Å². The maximum Gasteiger partial charge on any atom is 0.302 e. The van der Waals surface area contributed by atoms with E-state index in [9.17, 15) is 191 Å². The van der Waals surface area contributed by atoms with Gasteiger partial charge >= 0.3 is 5.97 Å². The van der Waals surface area contributed by atoms with Gasteiger partial charge in [0, 0.05) is 18.8 Å². The van der Waals surface area contributed by atoms with Crippen molar-refractivity contribution < 1.29 is 288 Å². The van der Waals surface area contributed by atoms with Crippen LogP contribution in [0.25, 0.3) is 0 Å². The molecule has 1 amide bonds. The molecule has 1 N–H and O–H groups in total. The van der Waals surface area contributed by atoms with Crippen LogP contribution in [0.15, 0.2) is 0 Å². The fourth-order valence-corrected chi connectivity index (χ4v) is 23.9. The smallest absolute Gasteiger partial charge is 0.302 e. The van der Waals surface area contributed by atoms with Gasteiger partial charge in [-0.25, -0.2) is 118 Å². The molecular formula is C50H69NO66S14-14. The molecule has 0 spiro atoms. The number of rotatable bonds is 44. The highest BCUT2D eigenvalue weighted by Gasteiger charge is 2.67. The first-order valence-electron chi connectivity index (χ1n) is 35.8. The predicted octanol–water partition coefficient (Wildman–Crippen LogP) is -11.9. The van der Waals surface area contributed by atoms with E-state index in [1.807, 2.05) is 19.2 Å². The molecule has 4 aliphatic carbocycles. The lowest BCUT2D eigenvalue weighted by molar-refractivity contribution is -0.375. The maximum atomic E-state index is 14.4. The summed E-state index contributed by atoms with van der Waals surface area (Å²) < 4.78 is 622. The van der Waals surface area contributed by atoms with Gasteiger partial charge in [0.2, 0.25) is 151 Å². The molecule has 0 aromatic rings. The Balaban J connectivity index is 1.23. The van der Waals surface area contributed by atoms with Crippen molar-refractivity contribution in [1.82, 2.24) is 5.32 Å². The van der Waals surface area contributed by atoms with E-state index in [2.05, 4.69) is 54.4 Å². The van der Waals surface area contributed by atoms with Crippen LogP contribution in [-0.2, 0) is 252 Å². The highest BCUT2D eigenvalue weighted by molar-refractivity contribution is 7.83. The number of ether oxygens (including phenoxy) is 8. The van der Waals surface area contributed by atoms with Crippen LogP contribution in [0.4, 0.5) is 0 Å². The van der Waals surface area contributed by atoms with Crippen molar-refractivity contribution in [3.8, 4) is 0 Å². The molecule has 0 aromatic heterocycles. The molecular weight excluding hydrogens is 2120 g/mol. The van der Waals surface area contributed by atoms with Gasteiger partial charge in [0.25, 0.3) is 0 Å². The summed E-state index contributed by atoms with van der Waals surface area (Å²) in [5.74, 6) is -4.10. The Hall–Kier alpha value is -3.16. The average Bonchev–Trinajstić information content (AvgIpc) is 1.62. The lowest BCUT2D eigenvalue weighted by Gasteiger charge is -2.63. The summed E-state index contributed by atoms with van der Waals surface area (Å²) in [6.07, 6.45) is -76.3. The van der Waals surface area contributed by atoms with E-state index < -0.39 is 348 Å². The molecule has 0 aromatic carbocycles. The summed E-state index contributed by atoms with van der Waals surface area (Å²) in [4.78, 5) is 27.4. The van der Waals surface area contributed by atoms with E-state index in [0.29, 0.717) is 32.1 Å². The third kappa shape index (κ3) is 33.8. The van der Waals surface area contributed by atoms with Crippen molar-refractivity contribution in [2.24, 2.45) is 46.3 Å². The summed E-state index contributed by atoms with van der Waals surface area (Å²) in [5.41, 5.74) is -1.47. The molecule has 4 saturated heterocycles. The molecule has 131 heavy (non-hydrogen) atoms. The number of amides is 1. The first-order chi connectivity index (χ1) is 58.9. The largest absolute Gasteiger partial charge is 0.726 e. The van der Waals surface area contributed by atoms with Crippen molar-refractivity contribution in [1.29, 1.82) is 0 Å². The molecule has 0 radical (unpaired) electrons. The molecule has 8 aliphatic rings. The summed E-state index contributed by atoms with van der Waals surface area (Å²) in [7, 11) is -93.9. The van der Waals surface area contributed by atoms with Crippen molar-refractivity contribution in [3.63, 3.8) is 0 Å². The van der Waals surface area contributed by atoms with Gasteiger partial charge in [0.1, 0.15) is 79.4 Å². The van der Waals surface area contributed by atoms with Crippen LogP contribution in [0.2, 0.25) is 0 Å². The molecule has 67 nitrogen and oxygen atoms in total. The van der Waals surface area contributed by atoms with E-state index in [1.165, 1.54) is 0 Å². The van der Waals surface area contributed by atoms with Crippen LogP contribution < -0.4 is 5.32 Å². The zero-order valence-electron chi connectivity index (χ0n) is 65.2.